The number of nitrogens with zero attached hydrogens (tertiary/aromatic N) is 1. The average molecular weight is 429 g/mol. The van der Waals surface area contributed by atoms with E-state index in [1.165, 1.54) is 23.2 Å². The van der Waals surface area contributed by atoms with Crippen molar-refractivity contribution in [3.63, 3.8) is 0 Å². The van der Waals surface area contributed by atoms with Gasteiger partial charge in [-0.3, -0.25) is 4.79 Å². The minimum atomic E-state index is -3.70. The van der Waals surface area contributed by atoms with Gasteiger partial charge in [0.2, 0.25) is 10.0 Å². The van der Waals surface area contributed by atoms with Crippen molar-refractivity contribution in [1.82, 2.24) is 4.31 Å². The maximum Gasteiger partial charge on any atom is 0.257 e. The lowest BCUT2D eigenvalue weighted by molar-refractivity contribution is 0.102. The molecule has 1 N–H and O–H groups in total. The molecule has 1 saturated carbocycles. The summed E-state index contributed by atoms with van der Waals surface area (Å²) in [5.74, 6) is 0.351. The van der Waals surface area contributed by atoms with Crippen molar-refractivity contribution in [2.24, 2.45) is 0 Å². The third-order valence-corrected chi connectivity index (χ3v) is 7.74. The lowest BCUT2D eigenvalue weighted by atomic mass is 10.2. The van der Waals surface area contributed by atoms with Crippen molar-refractivity contribution >= 4 is 21.6 Å². The van der Waals surface area contributed by atoms with Gasteiger partial charge in [0.05, 0.1) is 16.6 Å². The van der Waals surface area contributed by atoms with Crippen LogP contribution < -0.4 is 10.1 Å². The first-order valence-electron chi connectivity index (χ1n) is 10.7. The highest BCUT2D eigenvalue weighted by atomic mass is 32.2. The molecule has 30 heavy (non-hydrogen) atoms. The van der Waals surface area contributed by atoms with Crippen LogP contribution in [-0.2, 0) is 10.0 Å². The molecule has 4 rings (SSSR count). The van der Waals surface area contributed by atoms with Crippen LogP contribution in [0.5, 0.6) is 5.75 Å². The van der Waals surface area contributed by atoms with Gasteiger partial charge in [-0.25, -0.2) is 8.42 Å². The van der Waals surface area contributed by atoms with E-state index in [9.17, 15) is 13.2 Å². The maximum atomic E-state index is 13.1. The number of carbonyl (C=O) groups excluding carboxylic acids is 1. The Morgan fingerprint density at radius 2 is 1.57 bits per heavy atom. The summed E-state index contributed by atoms with van der Waals surface area (Å²) >= 11 is 0. The first-order chi connectivity index (χ1) is 14.5. The van der Waals surface area contributed by atoms with Gasteiger partial charge in [0.1, 0.15) is 5.75 Å². The van der Waals surface area contributed by atoms with E-state index in [0.29, 0.717) is 18.8 Å². The Labute approximate surface area is 178 Å². The van der Waals surface area contributed by atoms with Crippen LogP contribution in [0.15, 0.2) is 53.4 Å². The van der Waals surface area contributed by atoms with Crippen LogP contribution in [0.2, 0.25) is 0 Å². The highest BCUT2D eigenvalue weighted by molar-refractivity contribution is 7.89. The highest BCUT2D eigenvalue weighted by Gasteiger charge is 2.29. The molecule has 0 unspecified atom stereocenters. The number of rotatable bonds is 6. The minimum absolute atomic E-state index is 0.0607. The van der Waals surface area contributed by atoms with Crippen LogP contribution in [0.4, 0.5) is 5.69 Å². The topological polar surface area (TPSA) is 75.7 Å². The second-order valence-corrected chi connectivity index (χ2v) is 9.87. The molecule has 2 aromatic carbocycles. The third kappa shape index (κ3) is 4.68. The number of hydrogen-bond donors (Lipinski definition) is 1. The van der Waals surface area contributed by atoms with Crippen molar-refractivity contribution in [3.8, 4) is 5.75 Å². The zero-order valence-electron chi connectivity index (χ0n) is 17.0. The van der Waals surface area contributed by atoms with Gasteiger partial charge in [0.25, 0.3) is 5.91 Å². The number of ether oxygens (including phenoxy) is 1. The van der Waals surface area contributed by atoms with Gasteiger partial charge < -0.3 is 10.1 Å². The lowest BCUT2D eigenvalue weighted by Gasteiger charge is -2.26. The number of benzene rings is 2. The van der Waals surface area contributed by atoms with E-state index in [1.54, 1.807) is 30.3 Å². The summed E-state index contributed by atoms with van der Waals surface area (Å²) < 4.78 is 33.6. The number of carbonyl (C=O) groups is 1. The first kappa shape index (κ1) is 20.9. The molecule has 1 amide bonds. The first-order valence-corrected chi connectivity index (χ1v) is 12.2. The molecular weight excluding hydrogens is 400 g/mol. The molecule has 0 atom stereocenters. The van der Waals surface area contributed by atoms with Crippen LogP contribution in [0.3, 0.4) is 0 Å². The average Bonchev–Trinajstić information content (AvgIpc) is 3.29. The number of amides is 1. The van der Waals surface area contributed by atoms with Gasteiger partial charge in [0.15, 0.2) is 0 Å². The van der Waals surface area contributed by atoms with Crippen molar-refractivity contribution in [1.29, 1.82) is 0 Å². The Morgan fingerprint density at radius 3 is 2.27 bits per heavy atom. The van der Waals surface area contributed by atoms with Crippen LogP contribution >= 0.6 is 0 Å². The van der Waals surface area contributed by atoms with E-state index in [1.807, 2.05) is 12.1 Å². The molecular formula is C23H28N2O4S. The molecule has 7 heteroatoms. The van der Waals surface area contributed by atoms with E-state index in [0.717, 1.165) is 37.9 Å². The van der Waals surface area contributed by atoms with Crippen LogP contribution in [-0.4, -0.2) is 37.8 Å². The van der Waals surface area contributed by atoms with Gasteiger partial charge in [-0.15, -0.1) is 0 Å². The molecule has 2 aromatic rings. The molecule has 160 valence electrons. The summed E-state index contributed by atoms with van der Waals surface area (Å²) in [5, 5.41) is 2.82. The largest absolute Gasteiger partial charge is 0.490 e. The van der Waals surface area contributed by atoms with Crippen molar-refractivity contribution < 1.29 is 17.9 Å². The molecule has 1 aliphatic carbocycles. The molecule has 0 aromatic heterocycles. The van der Waals surface area contributed by atoms with Gasteiger partial charge in [-0.05, 0) is 74.9 Å². The van der Waals surface area contributed by atoms with Crippen molar-refractivity contribution in [2.45, 2.75) is 55.9 Å². The molecule has 1 aliphatic heterocycles. The predicted octanol–water partition coefficient (Wildman–Crippen LogP) is 4.43. The van der Waals surface area contributed by atoms with Gasteiger partial charge in [-0.2, -0.15) is 4.31 Å². The van der Waals surface area contributed by atoms with E-state index in [4.69, 9.17) is 4.74 Å². The van der Waals surface area contributed by atoms with Gasteiger partial charge in [0, 0.05) is 18.8 Å². The van der Waals surface area contributed by atoms with Crippen molar-refractivity contribution in [3.05, 3.63) is 54.1 Å². The van der Waals surface area contributed by atoms with Gasteiger partial charge in [-0.1, -0.05) is 18.6 Å². The van der Waals surface area contributed by atoms with Crippen LogP contribution in [0, 0.1) is 0 Å². The Bertz CT molecular complexity index is 977. The number of piperidine rings is 1. The Kier molecular flexibility index (Phi) is 6.39. The minimum Gasteiger partial charge on any atom is -0.490 e. The van der Waals surface area contributed by atoms with Gasteiger partial charge >= 0.3 is 0 Å². The fourth-order valence-electron chi connectivity index (χ4n) is 4.14. The van der Waals surface area contributed by atoms with Crippen LogP contribution in [0.1, 0.15) is 55.3 Å². The quantitative estimate of drug-likeness (QED) is 0.738. The zero-order valence-corrected chi connectivity index (χ0v) is 17.9. The SMILES string of the molecule is O=C(Nc1ccc(OC2CCCC2)cc1)c1ccccc1S(=O)(=O)N1CCCCC1. The summed E-state index contributed by atoms with van der Waals surface area (Å²) in [6.07, 6.45) is 7.59. The number of nitrogens with one attached hydrogen (secondary N) is 1. The summed E-state index contributed by atoms with van der Waals surface area (Å²) in [5.41, 5.74) is 0.762. The molecule has 0 radical (unpaired) electrons. The molecule has 6 nitrogen and oxygen atoms in total. The fourth-order valence-corrected chi connectivity index (χ4v) is 5.84. The fraction of sp³-hybridized carbons (Fsp3) is 0.435. The second kappa shape index (κ2) is 9.18. The van der Waals surface area contributed by atoms with E-state index in [2.05, 4.69) is 5.32 Å². The summed E-state index contributed by atoms with van der Waals surface area (Å²) in [6.45, 7) is 1.00. The third-order valence-electron chi connectivity index (χ3n) is 5.78. The lowest BCUT2D eigenvalue weighted by Crippen LogP contribution is -2.36. The molecule has 1 saturated heterocycles. The molecule has 2 aliphatic rings. The maximum absolute atomic E-state index is 13.1. The normalized spacial score (nSPS) is 18.3. The standard InChI is InChI=1S/C23H28N2O4S/c26-23(24-18-12-14-20(15-13-18)29-19-8-2-3-9-19)21-10-4-5-11-22(21)30(27,28)25-16-6-1-7-17-25/h4-5,10-15,19H,1-3,6-9,16-17H2,(H,24,26). The predicted molar refractivity (Wildman–Crippen MR) is 116 cm³/mol. The summed E-state index contributed by atoms with van der Waals surface area (Å²) in [7, 11) is -3.70. The summed E-state index contributed by atoms with van der Waals surface area (Å²) in [6, 6.07) is 13.6. The Hall–Kier alpha value is -2.38. The molecule has 2 fully saturated rings. The summed E-state index contributed by atoms with van der Waals surface area (Å²) in [4.78, 5) is 13.0. The van der Waals surface area contributed by atoms with Crippen LogP contribution in [0.25, 0.3) is 0 Å². The smallest absolute Gasteiger partial charge is 0.257 e. The Balaban J connectivity index is 1.48. The Morgan fingerprint density at radius 1 is 0.900 bits per heavy atom. The van der Waals surface area contributed by atoms with E-state index in [-0.39, 0.29) is 16.6 Å². The molecule has 0 spiro atoms. The highest BCUT2D eigenvalue weighted by Crippen LogP contribution is 2.27. The van der Waals surface area contributed by atoms with E-state index < -0.39 is 15.9 Å². The monoisotopic (exact) mass is 428 g/mol. The molecule has 1 heterocycles. The zero-order chi connectivity index (χ0) is 21.0. The molecule has 0 bridgehead atoms. The second-order valence-electron chi connectivity index (χ2n) is 7.96. The number of anilines is 1. The van der Waals surface area contributed by atoms with E-state index >= 15 is 0 Å². The number of sulfonamides is 1. The number of hydrogen-bond acceptors (Lipinski definition) is 4. The van der Waals surface area contributed by atoms with Crippen molar-refractivity contribution in [2.75, 3.05) is 18.4 Å².